The number of halogens is 1. The van der Waals surface area contributed by atoms with E-state index in [1.54, 1.807) is 6.07 Å². The first kappa shape index (κ1) is 16.3. The van der Waals surface area contributed by atoms with E-state index >= 15 is 0 Å². The van der Waals surface area contributed by atoms with E-state index in [2.05, 4.69) is 11.5 Å². The molecule has 0 fully saturated rings. The molecule has 0 unspecified atom stereocenters. The largest absolute Gasteiger partial charge is 0.317 e. The topological polar surface area (TPSA) is 56.1 Å². The maximum Gasteiger partial charge on any atom is 0.177 e. The minimum absolute atomic E-state index is 0.141. The number of carbonyl (C=O) groups is 1. The highest BCUT2D eigenvalue weighted by molar-refractivity contribution is 6.31. The van der Waals surface area contributed by atoms with Crippen LogP contribution in [0.25, 0.3) is 5.70 Å². The molecule has 0 aliphatic carbocycles. The number of allylic oxidation sites excluding steroid dienone is 1. The van der Waals surface area contributed by atoms with Gasteiger partial charge in [-0.05, 0) is 11.6 Å². The molecule has 1 aliphatic rings. The standard InChI is InChI=1S/C19H16ClN3O/c1-23-17(14-9-5-6-10-16(14)20)11-18(24)15(12-21)19(22-23)13-7-3-2-4-8-13/h2-10,17,22H,11H2,1H3/t17-/m0/s1. The summed E-state index contributed by atoms with van der Waals surface area (Å²) in [7, 11) is 1.85. The van der Waals surface area contributed by atoms with Crippen molar-refractivity contribution in [2.75, 3.05) is 7.05 Å². The molecular weight excluding hydrogens is 322 g/mol. The molecule has 120 valence electrons. The van der Waals surface area contributed by atoms with Crippen LogP contribution in [0.15, 0.2) is 60.2 Å². The lowest BCUT2D eigenvalue weighted by Crippen LogP contribution is -2.35. The zero-order valence-electron chi connectivity index (χ0n) is 13.2. The third-order valence-corrected chi connectivity index (χ3v) is 4.45. The molecule has 0 aromatic heterocycles. The van der Waals surface area contributed by atoms with Crippen LogP contribution in [0.1, 0.15) is 23.6 Å². The Labute approximate surface area is 145 Å². The number of rotatable bonds is 2. The van der Waals surface area contributed by atoms with E-state index in [0.29, 0.717) is 10.7 Å². The Balaban J connectivity index is 2.04. The molecule has 5 heteroatoms. The van der Waals surface area contributed by atoms with Crippen molar-refractivity contribution in [3.05, 3.63) is 76.3 Å². The quantitative estimate of drug-likeness (QED) is 0.907. The van der Waals surface area contributed by atoms with Crippen LogP contribution in [0.3, 0.4) is 0 Å². The predicted octanol–water partition coefficient (Wildman–Crippen LogP) is 3.73. The van der Waals surface area contributed by atoms with Crippen molar-refractivity contribution in [2.45, 2.75) is 12.5 Å². The van der Waals surface area contributed by atoms with Gasteiger partial charge in [0.05, 0.1) is 11.7 Å². The lowest BCUT2D eigenvalue weighted by molar-refractivity contribution is -0.116. The van der Waals surface area contributed by atoms with Crippen molar-refractivity contribution in [3.63, 3.8) is 0 Å². The fourth-order valence-electron chi connectivity index (χ4n) is 2.86. The zero-order chi connectivity index (χ0) is 17.1. The van der Waals surface area contributed by atoms with E-state index in [1.807, 2.05) is 60.6 Å². The van der Waals surface area contributed by atoms with Crippen LogP contribution in [0.2, 0.25) is 5.02 Å². The number of hydrazine groups is 1. The molecule has 2 aromatic carbocycles. The van der Waals surface area contributed by atoms with E-state index in [9.17, 15) is 10.1 Å². The van der Waals surface area contributed by atoms with Crippen LogP contribution >= 0.6 is 11.6 Å². The summed E-state index contributed by atoms with van der Waals surface area (Å²) in [6.45, 7) is 0. The van der Waals surface area contributed by atoms with Crippen LogP contribution in [0, 0.1) is 11.3 Å². The summed E-state index contributed by atoms with van der Waals surface area (Å²) < 4.78 is 0. The Kier molecular flexibility index (Phi) is 4.66. The van der Waals surface area contributed by atoms with E-state index in [0.717, 1.165) is 11.1 Å². The summed E-state index contributed by atoms with van der Waals surface area (Å²) in [6.07, 6.45) is 0.187. The first-order valence-electron chi connectivity index (χ1n) is 7.58. The van der Waals surface area contributed by atoms with Gasteiger partial charge >= 0.3 is 0 Å². The summed E-state index contributed by atoms with van der Waals surface area (Å²) in [6, 6.07) is 18.6. The van der Waals surface area contributed by atoms with Crippen molar-refractivity contribution >= 4 is 23.1 Å². The minimum atomic E-state index is -0.254. The van der Waals surface area contributed by atoms with Crippen LogP contribution in [-0.2, 0) is 4.79 Å². The molecule has 1 atom stereocenters. The number of nitriles is 1. The van der Waals surface area contributed by atoms with Gasteiger partial charge in [0.15, 0.2) is 5.78 Å². The van der Waals surface area contributed by atoms with Gasteiger partial charge in [0.25, 0.3) is 0 Å². The molecule has 2 aromatic rings. The molecule has 0 bridgehead atoms. The molecule has 1 heterocycles. The predicted molar refractivity (Wildman–Crippen MR) is 93.7 cm³/mol. The Hall–Kier alpha value is -2.61. The van der Waals surface area contributed by atoms with Crippen LogP contribution in [-0.4, -0.2) is 17.8 Å². The Morgan fingerprint density at radius 2 is 1.83 bits per heavy atom. The third kappa shape index (κ3) is 3.05. The molecule has 0 saturated heterocycles. The van der Waals surface area contributed by atoms with E-state index in [4.69, 9.17) is 11.6 Å². The first-order chi connectivity index (χ1) is 11.6. The van der Waals surface area contributed by atoms with Crippen LogP contribution < -0.4 is 5.43 Å². The van der Waals surface area contributed by atoms with E-state index < -0.39 is 0 Å². The molecule has 1 aliphatic heterocycles. The Morgan fingerprint density at radius 1 is 1.17 bits per heavy atom. The van der Waals surface area contributed by atoms with Crippen LogP contribution in [0.5, 0.6) is 0 Å². The number of benzene rings is 2. The second-order valence-corrected chi connectivity index (χ2v) is 6.02. The number of nitrogens with one attached hydrogen (secondary N) is 1. The number of hydrogen-bond acceptors (Lipinski definition) is 4. The highest BCUT2D eigenvalue weighted by atomic mass is 35.5. The maximum absolute atomic E-state index is 12.7. The molecule has 3 rings (SSSR count). The molecule has 24 heavy (non-hydrogen) atoms. The molecule has 0 saturated carbocycles. The molecule has 1 N–H and O–H groups in total. The van der Waals surface area contributed by atoms with Gasteiger partial charge in [-0.1, -0.05) is 60.1 Å². The minimum Gasteiger partial charge on any atom is -0.317 e. The lowest BCUT2D eigenvalue weighted by atomic mass is 9.97. The highest BCUT2D eigenvalue weighted by Gasteiger charge is 2.30. The highest BCUT2D eigenvalue weighted by Crippen LogP contribution is 2.33. The zero-order valence-corrected chi connectivity index (χ0v) is 13.9. The van der Waals surface area contributed by atoms with Crippen molar-refractivity contribution in [2.24, 2.45) is 0 Å². The average molecular weight is 338 g/mol. The van der Waals surface area contributed by atoms with Gasteiger partial charge in [0.1, 0.15) is 11.6 Å². The smallest absolute Gasteiger partial charge is 0.177 e. The molecule has 0 radical (unpaired) electrons. The van der Waals surface area contributed by atoms with Crippen LogP contribution in [0.4, 0.5) is 0 Å². The molecule has 0 spiro atoms. The van der Waals surface area contributed by atoms with Gasteiger partial charge in [-0.25, -0.2) is 5.01 Å². The monoisotopic (exact) mass is 337 g/mol. The molecule has 0 amide bonds. The Bertz CT molecular complexity index is 839. The first-order valence-corrected chi connectivity index (χ1v) is 7.96. The van der Waals surface area contributed by atoms with Gasteiger partial charge in [-0.2, -0.15) is 5.26 Å². The number of carbonyl (C=O) groups excluding carboxylic acids is 1. The van der Waals surface area contributed by atoms with Gasteiger partial charge in [-0.3, -0.25) is 4.79 Å². The van der Waals surface area contributed by atoms with Gasteiger partial charge in [-0.15, -0.1) is 0 Å². The number of Topliss-reactive ketones (excluding diaryl/α,β-unsaturated/α-hetero) is 1. The summed E-state index contributed by atoms with van der Waals surface area (Å²) in [5.41, 5.74) is 5.54. The summed E-state index contributed by atoms with van der Waals surface area (Å²) in [4.78, 5) is 12.7. The van der Waals surface area contributed by atoms with Gasteiger partial charge in [0, 0.05) is 24.1 Å². The van der Waals surface area contributed by atoms with Crippen molar-refractivity contribution < 1.29 is 4.79 Å². The molecular formula is C19H16ClN3O. The van der Waals surface area contributed by atoms with Crippen molar-refractivity contribution in [1.82, 2.24) is 10.4 Å². The number of ketones is 1. The molecule has 4 nitrogen and oxygen atoms in total. The fraction of sp³-hybridized carbons (Fsp3) is 0.158. The maximum atomic E-state index is 12.7. The van der Waals surface area contributed by atoms with Gasteiger partial charge < -0.3 is 5.43 Å². The normalized spacial score (nSPS) is 18.7. The third-order valence-electron chi connectivity index (χ3n) is 4.10. The van der Waals surface area contributed by atoms with Gasteiger partial charge in [0.2, 0.25) is 0 Å². The summed E-state index contributed by atoms with van der Waals surface area (Å²) >= 11 is 6.30. The summed E-state index contributed by atoms with van der Waals surface area (Å²) in [5.74, 6) is -0.196. The number of nitrogens with zero attached hydrogens (tertiary/aromatic N) is 2. The lowest BCUT2D eigenvalue weighted by Gasteiger charge is -2.28. The average Bonchev–Trinajstić information content (AvgIpc) is 2.72. The Morgan fingerprint density at radius 3 is 2.50 bits per heavy atom. The fourth-order valence-corrected chi connectivity index (χ4v) is 3.12. The van der Waals surface area contributed by atoms with E-state index in [-0.39, 0.29) is 23.8 Å². The SMILES string of the molecule is CN1NC(c2ccccc2)=C(C#N)C(=O)C[C@H]1c1ccccc1Cl. The van der Waals surface area contributed by atoms with E-state index in [1.165, 1.54) is 0 Å². The second kappa shape index (κ2) is 6.88. The second-order valence-electron chi connectivity index (χ2n) is 5.62. The number of hydrogen-bond donors (Lipinski definition) is 1. The van der Waals surface area contributed by atoms with Crippen molar-refractivity contribution in [3.8, 4) is 6.07 Å². The van der Waals surface area contributed by atoms with Crippen molar-refractivity contribution in [1.29, 1.82) is 5.26 Å². The summed E-state index contributed by atoms with van der Waals surface area (Å²) in [5, 5.41) is 11.9.